The quantitative estimate of drug-likeness (QED) is 0.669. The van der Waals surface area contributed by atoms with Crippen molar-refractivity contribution < 1.29 is 9.90 Å². The van der Waals surface area contributed by atoms with Gasteiger partial charge in [0.15, 0.2) is 0 Å². The molecule has 3 rings (SSSR count). The zero-order valence-electron chi connectivity index (χ0n) is 15.9. The van der Waals surface area contributed by atoms with Gasteiger partial charge in [0.25, 0.3) is 0 Å². The Kier molecular flexibility index (Phi) is 8.06. The number of carbonyl (C=O) groups is 1. The van der Waals surface area contributed by atoms with Crippen LogP contribution in [0.15, 0.2) is 29.1 Å². The van der Waals surface area contributed by atoms with Crippen LogP contribution in [0.5, 0.6) is 0 Å². The molecule has 1 aromatic rings. The van der Waals surface area contributed by atoms with E-state index in [1.807, 2.05) is 19.9 Å². The van der Waals surface area contributed by atoms with E-state index in [0.717, 1.165) is 24.8 Å². The van der Waals surface area contributed by atoms with Crippen LogP contribution in [-0.2, 0) is 6.54 Å². The van der Waals surface area contributed by atoms with Crippen LogP contribution >= 0.6 is 11.6 Å². The van der Waals surface area contributed by atoms with E-state index < -0.39 is 0 Å². The summed E-state index contributed by atoms with van der Waals surface area (Å²) in [6.45, 7) is 4.18. The predicted octanol–water partition coefficient (Wildman–Crippen LogP) is 4.15. The molecule has 0 spiro atoms. The fourth-order valence-electron chi connectivity index (χ4n) is 3.04. The summed E-state index contributed by atoms with van der Waals surface area (Å²) in [5, 5.41) is 12.1. The molecule has 0 bridgehead atoms. The Hall–Kier alpha value is -2.12. The number of carbonyl (C=O) groups excluding carboxylic acids is 1. The first-order valence-corrected chi connectivity index (χ1v) is 9.74. The molecule has 1 aliphatic heterocycles. The van der Waals surface area contributed by atoms with Crippen molar-refractivity contribution in [3.8, 4) is 0 Å². The van der Waals surface area contributed by atoms with Gasteiger partial charge in [-0.25, -0.2) is 9.78 Å². The number of hydrogen-bond donors (Lipinski definition) is 3. The predicted molar refractivity (Wildman–Crippen MR) is 108 cm³/mol. The van der Waals surface area contributed by atoms with Crippen LogP contribution in [-0.4, -0.2) is 32.1 Å². The fraction of sp³-hybridized carbons (Fsp3) is 0.526. The minimum atomic E-state index is -0.286. The highest BCUT2D eigenvalue weighted by Gasteiger charge is 2.27. The van der Waals surface area contributed by atoms with Crippen LogP contribution in [0.3, 0.4) is 0 Å². The van der Waals surface area contributed by atoms with Crippen LogP contribution in [0.25, 0.3) is 0 Å². The first-order valence-electron chi connectivity index (χ1n) is 9.36. The van der Waals surface area contributed by atoms with Gasteiger partial charge in [0.2, 0.25) is 5.95 Å². The summed E-state index contributed by atoms with van der Waals surface area (Å²) in [5.41, 5.74) is 6.96. The number of urea groups is 1. The van der Waals surface area contributed by atoms with Gasteiger partial charge in [-0.1, -0.05) is 49.9 Å². The Balaban J connectivity index is 0.000000313. The third-order valence-electron chi connectivity index (χ3n) is 4.45. The standard InChI is InChI=1S/C13H16ClN5O.C6H12O/c1-3-5-9(14)10(4-2)19-7-8-6-16-12(15)17-11(8)18-13(19)20;7-6-4-2-1-3-5-6/h4-6H,3,7H2,1-2H3,(H3,15,16,17,18,20);6-7H,1-5H2/b9-5+,10-4+;. The largest absolute Gasteiger partial charge is 0.393 e. The number of rotatable bonds is 3. The molecule has 1 saturated carbocycles. The number of fused-ring (bicyclic) bond motifs is 1. The number of amides is 2. The minimum Gasteiger partial charge on any atom is -0.393 e. The van der Waals surface area contributed by atoms with E-state index in [2.05, 4.69) is 15.3 Å². The number of aliphatic hydroxyl groups excluding tert-OH is 1. The number of allylic oxidation sites excluding steroid dienone is 3. The van der Waals surface area contributed by atoms with Crippen molar-refractivity contribution in [3.05, 3.63) is 34.6 Å². The molecule has 0 atom stereocenters. The molecule has 0 aromatic carbocycles. The Morgan fingerprint density at radius 3 is 2.70 bits per heavy atom. The number of nitrogens with zero attached hydrogens (tertiary/aromatic N) is 3. The maximum atomic E-state index is 12.2. The molecule has 1 aliphatic carbocycles. The van der Waals surface area contributed by atoms with Crippen LogP contribution in [0.2, 0.25) is 0 Å². The summed E-state index contributed by atoms with van der Waals surface area (Å²) in [5.74, 6) is 0.581. The van der Waals surface area contributed by atoms with Gasteiger partial charge in [-0.05, 0) is 26.2 Å². The summed E-state index contributed by atoms with van der Waals surface area (Å²) < 4.78 is 0. The van der Waals surface area contributed by atoms with Crippen LogP contribution in [0, 0.1) is 0 Å². The lowest BCUT2D eigenvalue weighted by molar-refractivity contribution is 0.130. The average molecular weight is 394 g/mol. The summed E-state index contributed by atoms with van der Waals surface area (Å²) >= 11 is 6.22. The molecular weight excluding hydrogens is 366 g/mol. The maximum absolute atomic E-state index is 12.2. The lowest BCUT2D eigenvalue weighted by Crippen LogP contribution is -2.38. The lowest BCUT2D eigenvalue weighted by atomic mass is 9.98. The Morgan fingerprint density at radius 2 is 2.15 bits per heavy atom. The molecule has 2 aliphatic rings. The molecule has 8 heteroatoms. The Labute approximate surface area is 165 Å². The molecular formula is C19H28ClN5O2. The van der Waals surface area contributed by atoms with Crippen molar-refractivity contribution in [3.63, 3.8) is 0 Å². The Bertz CT molecular complexity index is 714. The second-order valence-electron chi connectivity index (χ2n) is 6.54. The highest BCUT2D eigenvalue weighted by Crippen LogP contribution is 2.28. The average Bonchev–Trinajstić information content (AvgIpc) is 2.64. The zero-order valence-corrected chi connectivity index (χ0v) is 16.7. The number of hydrogen-bond acceptors (Lipinski definition) is 5. The van der Waals surface area contributed by atoms with Crippen LogP contribution < -0.4 is 11.1 Å². The van der Waals surface area contributed by atoms with Crippen molar-refractivity contribution in [1.29, 1.82) is 0 Å². The molecule has 0 unspecified atom stereocenters. The van der Waals surface area contributed by atoms with Gasteiger partial charge in [0, 0.05) is 11.8 Å². The molecule has 2 heterocycles. The number of nitrogens with one attached hydrogen (secondary N) is 1. The molecule has 2 amide bonds. The molecule has 27 heavy (non-hydrogen) atoms. The summed E-state index contributed by atoms with van der Waals surface area (Å²) in [6.07, 6.45) is 12.0. The van der Waals surface area contributed by atoms with Gasteiger partial charge in [-0.2, -0.15) is 4.98 Å². The fourth-order valence-corrected chi connectivity index (χ4v) is 3.40. The molecule has 148 valence electrons. The van der Waals surface area contributed by atoms with E-state index in [4.69, 9.17) is 22.4 Å². The third-order valence-corrected chi connectivity index (χ3v) is 4.80. The summed E-state index contributed by atoms with van der Waals surface area (Å²) in [4.78, 5) is 21.7. The summed E-state index contributed by atoms with van der Waals surface area (Å²) in [7, 11) is 0. The SMILES string of the molecule is C/C=C(\C(Cl)=C/CC)N1Cc2cnc(N)nc2NC1=O.OC1CCCCC1. The van der Waals surface area contributed by atoms with Crippen molar-refractivity contribution in [2.75, 3.05) is 11.1 Å². The van der Waals surface area contributed by atoms with Crippen molar-refractivity contribution in [1.82, 2.24) is 14.9 Å². The van der Waals surface area contributed by atoms with Crippen molar-refractivity contribution >= 4 is 29.4 Å². The number of aliphatic hydroxyl groups is 1. The second-order valence-corrected chi connectivity index (χ2v) is 6.95. The lowest BCUT2D eigenvalue weighted by Gasteiger charge is -2.30. The van der Waals surface area contributed by atoms with E-state index in [0.29, 0.717) is 23.1 Å². The van der Waals surface area contributed by atoms with E-state index in [-0.39, 0.29) is 18.1 Å². The number of nitrogens with two attached hydrogens (primary N) is 1. The topological polar surface area (TPSA) is 104 Å². The highest BCUT2D eigenvalue weighted by atomic mass is 35.5. The molecule has 0 radical (unpaired) electrons. The van der Waals surface area contributed by atoms with Gasteiger partial charge in [0.1, 0.15) is 5.82 Å². The molecule has 7 nitrogen and oxygen atoms in total. The van der Waals surface area contributed by atoms with Crippen molar-refractivity contribution in [2.24, 2.45) is 0 Å². The van der Waals surface area contributed by atoms with Gasteiger partial charge in [-0.15, -0.1) is 0 Å². The van der Waals surface area contributed by atoms with Gasteiger partial charge in [0.05, 0.1) is 23.4 Å². The third kappa shape index (κ3) is 5.94. The first-order chi connectivity index (χ1) is 13.0. The van der Waals surface area contributed by atoms with Crippen molar-refractivity contribution in [2.45, 2.75) is 65.0 Å². The number of halogens is 1. The zero-order chi connectivity index (χ0) is 19.8. The van der Waals surface area contributed by atoms with Crippen LogP contribution in [0.4, 0.5) is 16.6 Å². The number of anilines is 2. The van der Waals surface area contributed by atoms with E-state index >= 15 is 0 Å². The van der Waals surface area contributed by atoms with E-state index in [1.54, 1.807) is 17.2 Å². The normalized spacial score (nSPS) is 18.4. The van der Waals surface area contributed by atoms with Gasteiger partial charge in [-0.3, -0.25) is 10.2 Å². The molecule has 4 N–H and O–H groups in total. The highest BCUT2D eigenvalue weighted by molar-refractivity contribution is 6.32. The van der Waals surface area contributed by atoms with E-state index in [1.165, 1.54) is 19.3 Å². The first kappa shape index (κ1) is 21.2. The molecule has 1 aromatic heterocycles. The van der Waals surface area contributed by atoms with Gasteiger partial charge >= 0.3 is 6.03 Å². The second kappa shape index (κ2) is 10.3. The van der Waals surface area contributed by atoms with Gasteiger partial charge < -0.3 is 10.8 Å². The monoisotopic (exact) mass is 393 g/mol. The number of nitrogen functional groups attached to an aromatic ring is 1. The maximum Gasteiger partial charge on any atom is 0.327 e. The minimum absolute atomic E-state index is 0.0359. The number of aromatic nitrogens is 2. The molecule has 1 fully saturated rings. The smallest absolute Gasteiger partial charge is 0.327 e. The summed E-state index contributed by atoms with van der Waals surface area (Å²) in [6, 6.07) is -0.286. The molecule has 0 saturated heterocycles. The van der Waals surface area contributed by atoms with Crippen LogP contribution in [0.1, 0.15) is 57.9 Å². The Morgan fingerprint density at radius 1 is 1.44 bits per heavy atom. The van der Waals surface area contributed by atoms with E-state index in [9.17, 15) is 4.79 Å².